The Morgan fingerprint density at radius 3 is 1.48 bits per heavy atom. The van der Waals surface area contributed by atoms with Crippen molar-refractivity contribution >= 4 is 45.1 Å². The van der Waals surface area contributed by atoms with Crippen LogP contribution in [0, 0.1) is 0 Å². The lowest BCUT2D eigenvalue weighted by Gasteiger charge is -2.25. The van der Waals surface area contributed by atoms with Crippen LogP contribution in [0.5, 0.6) is 0 Å². The molecule has 6 aromatic carbocycles. The van der Waals surface area contributed by atoms with Crippen LogP contribution in [-0.4, -0.2) is 4.57 Å². The van der Waals surface area contributed by atoms with E-state index in [2.05, 4.69) is 168 Å². The fraction of sp³-hybridized carbons (Fsp3) is 0. The first kappa shape index (κ1) is 23.8. The summed E-state index contributed by atoms with van der Waals surface area (Å²) in [7, 11) is 0. The first-order chi connectivity index (χ1) is 19.8. The molecule has 0 N–H and O–H groups in total. The van der Waals surface area contributed by atoms with E-state index in [0.29, 0.717) is 0 Å². The molecule has 2 heteroatoms. The van der Waals surface area contributed by atoms with Crippen LogP contribution >= 0.6 is 0 Å². The topological polar surface area (TPSA) is 8.17 Å². The summed E-state index contributed by atoms with van der Waals surface area (Å²) >= 11 is 0. The van der Waals surface area contributed by atoms with Gasteiger partial charge in [0.2, 0.25) is 0 Å². The van der Waals surface area contributed by atoms with Gasteiger partial charge >= 0.3 is 0 Å². The van der Waals surface area contributed by atoms with Gasteiger partial charge in [-0.3, -0.25) is 0 Å². The zero-order valence-electron chi connectivity index (χ0n) is 22.1. The minimum Gasteiger partial charge on any atom is -0.317 e. The standard InChI is InChI=1S/C38H28N2/c1-2-39-37-16-10-9-15-35(37)36-27-31(23-26-38(36)39)30-19-17-28(18-20-30)29-21-24-34(25-22-29)40(32-11-5-3-6-12-32)33-13-7-4-8-14-33/h2-27H,1H2. The Morgan fingerprint density at radius 1 is 0.425 bits per heavy atom. The number of fused-ring (bicyclic) bond motifs is 3. The van der Waals surface area contributed by atoms with E-state index in [1.807, 2.05) is 6.20 Å². The average Bonchev–Trinajstić information content (AvgIpc) is 3.36. The highest BCUT2D eigenvalue weighted by atomic mass is 15.1. The molecule has 0 unspecified atom stereocenters. The minimum atomic E-state index is 1.13. The second kappa shape index (κ2) is 10.1. The molecule has 0 fully saturated rings. The first-order valence-electron chi connectivity index (χ1n) is 13.6. The Kier molecular flexibility index (Phi) is 5.99. The molecule has 7 aromatic rings. The average molecular weight is 513 g/mol. The highest BCUT2D eigenvalue weighted by Crippen LogP contribution is 2.36. The van der Waals surface area contributed by atoms with Gasteiger partial charge in [-0.05, 0) is 76.9 Å². The van der Waals surface area contributed by atoms with E-state index in [1.165, 1.54) is 44.1 Å². The molecule has 0 aliphatic rings. The second-order valence-corrected chi connectivity index (χ2v) is 9.93. The van der Waals surface area contributed by atoms with Crippen LogP contribution in [0.4, 0.5) is 17.1 Å². The molecule has 190 valence electrons. The predicted molar refractivity (Wildman–Crippen MR) is 171 cm³/mol. The van der Waals surface area contributed by atoms with Gasteiger partial charge in [0.15, 0.2) is 0 Å². The zero-order valence-corrected chi connectivity index (χ0v) is 22.1. The third kappa shape index (κ3) is 4.16. The summed E-state index contributed by atoms with van der Waals surface area (Å²) in [5.41, 5.74) is 10.6. The summed E-state index contributed by atoms with van der Waals surface area (Å²) < 4.78 is 2.16. The summed E-state index contributed by atoms with van der Waals surface area (Å²) in [6.07, 6.45) is 1.89. The summed E-state index contributed by atoms with van der Waals surface area (Å²) in [5.74, 6) is 0. The van der Waals surface area contributed by atoms with E-state index in [9.17, 15) is 0 Å². The van der Waals surface area contributed by atoms with Gasteiger partial charge in [-0.25, -0.2) is 0 Å². The Bertz CT molecular complexity index is 1890. The molecular formula is C38H28N2. The zero-order chi connectivity index (χ0) is 26.9. The number of rotatable bonds is 6. The summed E-state index contributed by atoms with van der Waals surface area (Å²) in [5, 5.41) is 2.49. The van der Waals surface area contributed by atoms with E-state index < -0.39 is 0 Å². The van der Waals surface area contributed by atoms with Crippen molar-refractivity contribution in [3.05, 3.63) is 158 Å². The fourth-order valence-corrected chi connectivity index (χ4v) is 5.64. The SMILES string of the molecule is C=Cn1c2ccccc2c2cc(-c3ccc(-c4ccc(N(c5ccccc5)c5ccccc5)cc4)cc3)ccc21. The van der Waals surface area contributed by atoms with Gasteiger partial charge in [-0.2, -0.15) is 0 Å². The smallest absolute Gasteiger partial charge is 0.0535 e. The lowest BCUT2D eigenvalue weighted by molar-refractivity contribution is 1.28. The highest BCUT2D eigenvalue weighted by molar-refractivity contribution is 6.10. The van der Waals surface area contributed by atoms with Crippen molar-refractivity contribution in [1.29, 1.82) is 0 Å². The summed E-state index contributed by atoms with van der Waals surface area (Å²) in [6, 6.07) is 53.9. The quantitative estimate of drug-likeness (QED) is 0.215. The van der Waals surface area contributed by atoms with Gasteiger partial charge in [-0.15, -0.1) is 0 Å². The van der Waals surface area contributed by atoms with Gasteiger partial charge in [0, 0.05) is 34.0 Å². The molecule has 0 aliphatic heterocycles. The van der Waals surface area contributed by atoms with E-state index in [0.717, 1.165) is 17.1 Å². The predicted octanol–water partition coefficient (Wildman–Crippen LogP) is 10.7. The van der Waals surface area contributed by atoms with Gasteiger partial charge in [0.25, 0.3) is 0 Å². The van der Waals surface area contributed by atoms with Crippen molar-refractivity contribution in [3.63, 3.8) is 0 Å². The number of hydrogen-bond donors (Lipinski definition) is 0. The molecule has 0 bridgehead atoms. The van der Waals surface area contributed by atoms with Crippen LogP contribution in [0.3, 0.4) is 0 Å². The molecule has 7 rings (SSSR count). The number of benzene rings is 6. The van der Waals surface area contributed by atoms with Crippen molar-refractivity contribution in [3.8, 4) is 22.3 Å². The van der Waals surface area contributed by atoms with Crippen molar-refractivity contribution in [1.82, 2.24) is 4.57 Å². The molecular weight excluding hydrogens is 484 g/mol. The third-order valence-corrected chi connectivity index (χ3v) is 7.60. The third-order valence-electron chi connectivity index (χ3n) is 7.60. The van der Waals surface area contributed by atoms with Gasteiger partial charge in [-0.1, -0.05) is 104 Å². The molecule has 1 aromatic heterocycles. The normalized spacial score (nSPS) is 11.1. The van der Waals surface area contributed by atoms with Crippen molar-refractivity contribution in [2.75, 3.05) is 4.90 Å². The minimum absolute atomic E-state index is 1.13. The van der Waals surface area contributed by atoms with Crippen LogP contribution in [0.15, 0.2) is 158 Å². The van der Waals surface area contributed by atoms with E-state index in [-0.39, 0.29) is 0 Å². The van der Waals surface area contributed by atoms with Crippen LogP contribution in [0.25, 0.3) is 50.3 Å². The second-order valence-electron chi connectivity index (χ2n) is 9.93. The molecule has 40 heavy (non-hydrogen) atoms. The Morgan fingerprint density at radius 2 is 0.875 bits per heavy atom. The van der Waals surface area contributed by atoms with Crippen LogP contribution in [0.2, 0.25) is 0 Å². The number of aromatic nitrogens is 1. The maximum absolute atomic E-state index is 4.03. The number of hydrogen-bond acceptors (Lipinski definition) is 1. The van der Waals surface area contributed by atoms with Crippen molar-refractivity contribution < 1.29 is 0 Å². The first-order valence-corrected chi connectivity index (χ1v) is 13.6. The number of anilines is 3. The molecule has 0 aliphatic carbocycles. The maximum atomic E-state index is 4.03. The van der Waals surface area contributed by atoms with Crippen LogP contribution in [0.1, 0.15) is 0 Å². The summed E-state index contributed by atoms with van der Waals surface area (Å²) in [4.78, 5) is 2.28. The van der Waals surface area contributed by atoms with Gasteiger partial charge in [0.1, 0.15) is 0 Å². The lowest BCUT2D eigenvalue weighted by atomic mass is 9.99. The number of nitrogens with zero attached hydrogens (tertiary/aromatic N) is 2. The summed E-state index contributed by atoms with van der Waals surface area (Å²) in [6.45, 7) is 4.03. The van der Waals surface area contributed by atoms with Crippen molar-refractivity contribution in [2.24, 2.45) is 0 Å². The van der Waals surface area contributed by atoms with Gasteiger partial charge < -0.3 is 9.47 Å². The van der Waals surface area contributed by atoms with Gasteiger partial charge in [0.05, 0.1) is 11.0 Å². The number of para-hydroxylation sites is 3. The molecule has 2 nitrogen and oxygen atoms in total. The molecule has 0 atom stereocenters. The van der Waals surface area contributed by atoms with E-state index in [4.69, 9.17) is 0 Å². The maximum Gasteiger partial charge on any atom is 0.0535 e. The highest BCUT2D eigenvalue weighted by Gasteiger charge is 2.13. The van der Waals surface area contributed by atoms with Crippen molar-refractivity contribution in [2.45, 2.75) is 0 Å². The van der Waals surface area contributed by atoms with E-state index in [1.54, 1.807) is 0 Å². The molecule has 0 saturated carbocycles. The molecule has 1 heterocycles. The van der Waals surface area contributed by atoms with Crippen LogP contribution < -0.4 is 4.90 Å². The molecule has 0 radical (unpaired) electrons. The molecule has 0 spiro atoms. The Labute approximate surface area is 234 Å². The Balaban J connectivity index is 1.20. The van der Waals surface area contributed by atoms with E-state index >= 15 is 0 Å². The molecule has 0 amide bonds. The molecule has 0 saturated heterocycles. The van der Waals surface area contributed by atoms with Crippen LogP contribution in [-0.2, 0) is 0 Å². The lowest BCUT2D eigenvalue weighted by Crippen LogP contribution is -2.09. The largest absolute Gasteiger partial charge is 0.317 e. The fourth-order valence-electron chi connectivity index (χ4n) is 5.64. The monoisotopic (exact) mass is 512 g/mol. The Hall–Kier alpha value is -5.34.